The number of nitro groups is 1. The normalized spacial score (nSPS) is 11.7. The lowest BCUT2D eigenvalue weighted by atomic mass is 10.1. The molecule has 1 N–H and O–H groups in total. The van der Waals surface area contributed by atoms with Crippen LogP contribution in [0.5, 0.6) is 0 Å². The number of benzene rings is 1. The Bertz CT molecular complexity index is 996. The second-order valence-corrected chi connectivity index (χ2v) is 7.12. The highest BCUT2D eigenvalue weighted by Gasteiger charge is 2.13. The summed E-state index contributed by atoms with van der Waals surface area (Å²) in [6, 6.07) is 6.53. The molecule has 26 heavy (non-hydrogen) atoms. The predicted molar refractivity (Wildman–Crippen MR) is 105 cm³/mol. The Labute approximate surface area is 155 Å². The lowest BCUT2D eigenvalue weighted by Crippen LogP contribution is -2.06. The fourth-order valence-electron chi connectivity index (χ4n) is 2.69. The van der Waals surface area contributed by atoms with Crippen LogP contribution in [0.3, 0.4) is 0 Å². The van der Waals surface area contributed by atoms with Crippen molar-refractivity contribution in [3.05, 3.63) is 56.7 Å². The number of nitrogens with one attached hydrogen (secondary N) is 1. The summed E-state index contributed by atoms with van der Waals surface area (Å²) in [5.74, 6) is 0.649. The molecule has 0 aliphatic heterocycles. The Hall–Kier alpha value is -2.87. The van der Waals surface area contributed by atoms with Gasteiger partial charge < -0.3 is 0 Å². The van der Waals surface area contributed by atoms with Crippen molar-refractivity contribution in [1.82, 2.24) is 9.97 Å². The topological polar surface area (TPSA) is 93.3 Å². The van der Waals surface area contributed by atoms with Crippen molar-refractivity contribution in [3.8, 4) is 0 Å². The smallest absolute Gasteiger partial charge is 0.260 e. The SMILES string of the molecule is CCC/C(=N/Nc1ncnc2sc(C)c(C)c12)c1cccc([N+](=O)[O-])c1. The number of non-ortho nitro benzene ring substituents is 1. The van der Waals surface area contributed by atoms with Crippen LogP contribution in [0.25, 0.3) is 10.2 Å². The van der Waals surface area contributed by atoms with E-state index in [0.29, 0.717) is 12.2 Å². The average Bonchev–Trinajstić information content (AvgIpc) is 2.93. The van der Waals surface area contributed by atoms with E-state index in [9.17, 15) is 10.1 Å². The van der Waals surface area contributed by atoms with Crippen molar-refractivity contribution < 1.29 is 4.92 Å². The van der Waals surface area contributed by atoms with E-state index in [-0.39, 0.29) is 5.69 Å². The monoisotopic (exact) mass is 369 g/mol. The lowest BCUT2D eigenvalue weighted by molar-refractivity contribution is -0.384. The van der Waals surface area contributed by atoms with Gasteiger partial charge in [-0.1, -0.05) is 25.5 Å². The second kappa shape index (κ2) is 7.57. The predicted octanol–water partition coefficient (Wildman–Crippen LogP) is 4.83. The molecule has 0 aliphatic rings. The Kier molecular flexibility index (Phi) is 5.22. The molecule has 0 aliphatic carbocycles. The molecule has 0 saturated heterocycles. The van der Waals surface area contributed by atoms with Crippen molar-refractivity contribution in [1.29, 1.82) is 0 Å². The Morgan fingerprint density at radius 3 is 2.88 bits per heavy atom. The molecule has 0 radical (unpaired) electrons. The molecule has 1 aromatic carbocycles. The van der Waals surface area contributed by atoms with Crippen LogP contribution < -0.4 is 5.43 Å². The molecular weight excluding hydrogens is 350 g/mol. The highest BCUT2D eigenvalue weighted by molar-refractivity contribution is 7.18. The van der Waals surface area contributed by atoms with Gasteiger partial charge in [-0.2, -0.15) is 5.10 Å². The van der Waals surface area contributed by atoms with Gasteiger partial charge in [0.25, 0.3) is 5.69 Å². The molecule has 8 heteroatoms. The molecule has 0 unspecified atom stereocenters. The zero-order chi connectivity index (χ0) is 18.7. The molecule has 0 atom stereocenters. The van der Waals surface area contributed by atoms with Crippen molar-refractivity contribution in [2.45, 2.75) is 33.6 Å². The van der Waals surface area contributed by atoms with Crippen LogP contribution in [-0.4, -0.2) is 20.6 Å². The minimum atomic E-state index is -0.397. The fourth-order valence-corrected chi connectivity index (χ4v) is 3.69. The molecule has 3 rings (SSSR count). The standard InChI is InChI=1S/C18H19N5O2S/c1-4-6-15(13-7-5-8-14(9-13)23(24)25)21-22-17-16-11(2)12(3)26-18(16)20-10-19-17/h5,7-10H,4,6H2,1-3H3,(H,19,20,22)/b21-15-. The van der Waals surface area contributed by atoms with Crippen LogP contribution >= 0.6 is 11.3 Å². The van der Waals surface area contributed by atoms with Crippen LogP contribution in [0.15, 0.2) is 35.7 Å². The van der Waals surface area contributed by atoms with E-state index < -0.39 is 4.92 Å². The van der Waals surface area contributed by atoms with E-state index in [2.05, 4.69) is 27.4 Å². The highest BCUT2D eigenvalue weighted by Crippen LogP contribution is 2.32. The Morgan fingerprint density at radius 1 is 1.35 bits per heavy atom. The van der Waals surface area contributed by atoms with Gasteiger partial charge in [-0.3, -0.25) is 15.5 Å². The quantitative estimate of drug-likeness (QED) is 0.381. The summed E-state index contributed by atoms with van der Waals surface area (Å²) in [7, 11) is 0. The fraction of sp³-hybridized carbons (Fsp3) is 0.278. The first-order chi connectivity index (χ1) is 12.5. The minimum Gasteiger partial charge on any atom is -0.260 e. The summed E-state index contributed by atoms with van der Waals surface area (Å²) in [5.41, 5.74) is 5.73. The van der Waals surface area contributed by atoms with Gasteiger partial charge in [-0.05, 0) is 25.8 Å². The van der Waals surface area contributed by atoms with Gasteiger partial charge in [0.1, 0.15) is 11.2 Å². The summed E-state index contributed by atoms with van der Waals surface area (Å²) in [6.07, 6.45) is 3.09. The number of hydrogen-bond donors (Lipinski definition) is 1. The van der Waals surface area contributed by atoms with E-state index in [1.807, 2.05) is 19.9 Å². The number of nitro benzene ring substituents is 1. The number of nitrogens with zero attached hydrogens (tertiary/aromatic N) is 4. The molecular formula is C18H19N5O2S. The molecule has 0 bridgehead atoms. The third kappa shape index (κ3) is 3.55. The molecule has 0 saturated carbocycles. The van der Waals surface area contributed by atoms with E-state index in [1.165, 1.54) is 17.3 Å². The van der Waals surface area contributed by atoms with E-state index in [4.69, 9.17) is 0 Å². The molecule has 2 aromatic heterocycles. The number of hydrogen-bond acceptors (Lipinski definition) is 7. The molecule has 0 amide bonds. The van der Waals surface area contributed by atoms with Crippen LogP contribution in [-0.2, 0) is 0 Å². The maximum Gasteiger partial charge on any atom is 0.270 e. The number of aromatic nitrogens is 2. The van der Waals surface area contributed by atoms with Gasteiger partial charge in [0.05, 0.1) is 16.0 Å². The third-order valence-electron chi connectivity index (χ3n) is 4.14. The number of thiophene rings is 1. The van der Waals surface area contributed by atoms with E-state index >= 15 is 0 Å². The number of rotatable bonds is 6. The number of anilines is 1. The van der Waals surface area contributed by atoms with E-state index in [0.717, 1.165) is 33.5 Å². The van der Waals surface area contributed by atoms with Crippen molar-refractivity contribution in [2.24, 2.45) is 5.10 Å². The van der Waals surface area contributed by atoms with Crippen molar-refractivity contribution in [2.75, 3.05) is 5.43 Å². The zero-order valence-electron chi connectivity index (χ0n) is 14.8. The zero-order valence-corrected chi connectivity index (χ0v) is 15.6. The molecule has 2 heterocycles. The summed E-state index contributed by atoms with van der Waals surface area (Å²) in [6.45, 7) is 6.14. The molecule has 134 valence electrons. The second-order valence-electron chi connectivity index (χ2n) is 5.91. The van der Waals surface area contributed by atoms with Crippen LogP contribution in [0.4, 0.5) is 11.5 Å². The first-order valence-corrected chi connectivity index (χ1v) is 9.11. The largest absolute Gasteiger partial charge is 0.270 e. The number of aryl methyl sites for hydroxylation is 2. The molecule has 3 aromatic rings. The van der Waals surface area contributed by atoms with Gasteiger partial charge in [-0.25, -0.2) is 9.97 Å². The maximum atomic E-state index is 11.0. The van der Waals surface area contributed by atoms with E-state index in [1.54, 1.807) is 23.5 Å². The highest BCUT2D eigenvalue weighted by atomic mass is 32.1. The van der Waals surface area contributed by atoms with Crippen molar-refractivity contribution >= 4 is 38.8 Å². The van der Waals surface area contributed by atoms with Crippen LogP contribution in [0.1, 0.15) is 35.8 Å². The van der Waals surface area contributed by atoms with Gasteiger partial charge in [0, 0.05) is 22.6 Å². The van der Waals surface area contributed by atoms with Gasteiger partial charge in [0.15, 0.2) is 5.82 Å². The first-order valence-electron chi connectivity index (χ1n) is 8.29. The lowest BCUT2D eigenvalue weighted by Gasteiger charge is -2.08. The maximum absolute atomic E-state index is 11.0. The number of fused-ring (bicyclic) bond motifs is 1. The summed E-state index contributed by atoms with van der Waals surface area (Å²) in [4.78, 5) is 21.4. The first kappa shape index (κ1) is 17.9. The minimum absolute atomic E-state index is 0.0556. The molecule has 0 fully saturated rings. The summed E-state index contributed by atoms with van der Waals surface area (Å²) in [5, 5.41) is 16.5. The number of hydrazone groups is 1. The van der Waals surface area contributed by atoms with Gasteiger partial charge >= 0.3 is 0 Å². The molecule has 0 spiro atoms. The average molecular weight is 369 g/mol. The van der Waals surface area contributed by atoms with Crippen molar-refractivity contribution in [3.63, 3.8) is 0 Å². The summed E-state index contributed by atoms with van der Waals surface area (Å²) < 4.78 is 0. The Morgan fingerprint density at radius 2 is 2.15 bits per heavy atom. The Balaban J connectivity index is 1.99. The van der Waals surface area contributed by atoms with Gasteiger partial charge in [0.2, 0.25) is 0 Å². The third-order valence-corrected chi connectivity index (χ3v) is 5.25. The van der Waals surface area contributed by atoms with Crippen LogP contribution in [0.2, 0.25) is 0 Å². The van der Waals surface area contributed by atoms with Gasteiger partial charge in [-0.15, -0.1) is 11.3 Å². The van der Waals surface area contributed by atoms with Crippen LogP contribution in [0, 0.1) is 24.0 Å². The summed E-state index contributed by atoms with van der Waals surface area (Å²) >= 11 is 1.62. The molecule has 7 nitrogen and oxygen atoms in total.